The van der Waals surface area contributed by atoms with Gasteiger partial charge in [0, 0.05) is 17.9 Å². The normalized spacial score (nSPS) is 43.3. The van der Waals surface area contributed by atoms with E-state index in [1.54, 1.807) is 6.92 Å². The van der Waals surface area contributed by atoms with Crippen molar-refractivity contribution >= 4 is 0 Å². The summed E-state index contributed by atoms with van der Waals surface area (Å²) < 4.78 is 33.3. The smallest absolute Gasteiger partial charge is 0.269 e. The van der Waals surface area contributed by atoms with Crippen molar-refractivity contribution in [3.05, 3.63) is 35.1 Å². The Balaban J connectivity index is 1.70. The average Bonchev–Trinajstić information content (AvgIpc) is 2.96. The van der Waals surface area contributed by atoms with E-state index in [1.165, 1.54) is 5.57 Å². The number of hydrogen-bond acceptors (Lipinski definition) is 2. The molecule has 0 amide bonds. The van der Waals surface area contributed by atoms with Crippen molar-refractivity contribution in [1.82, 2.24) is 0 Å². The molecule has 0 aromatic heterocycles. The van der Waals surface area contributed by atoms with Gasteiger partial charge in [-0.15, -0.1) is 0 Å². The van der Waals surface area contributed by atoms with Crippen LogP contribution in [0.2, 0.25) is 0 Å². The van der Waals surface area contributed by atoms with E-state index < -0.39 is 18.1 Å². The van der Waals surface area contributed by atoms with Crippen molar-refractivity contribution in [2.24, 2.45) is 34.5 Å². The summed E-state index contributed by atoms with van der Waals surface area (Å²) in [6.45, 7) is 8.96. The molecule has 1 N–H and O–H groups in total. The number of hydrogen-bond donors (Lipinski definition) is 1. The third-order valence-corrected chi connectivity index (χ3v) is 8.75. The third kappa shape index (κ3) is 2.81. The van der Waals surface area contributed by atoms with E-state index in [1.807, 2.05) is 6.92 Å². The van der Waals surface area contributed by atoms with Gasteiger partial charge in [-0.05, 0) is 86.2 Å². The van der Waals surface area contributed by atoms with Gasteiger partial charge in [0.2, 0.25) is 0 Å². The van der Waals surface area contributed by atoms with Gasteiger partial charge >= 0.3 is 0 Å². The second-order valence-corrected chi connectivity index (χ2v) is 9.99. The topological polar surface area (TPSA) is 29.5 Å². The van der Waals surface area contributed by atoms with Crippen molar-refractivity contribution < 1.29 is 18.6 Å². The highest BCUT2D eigenvalue weighted by Gasteiger charge is 2.61. The Kier molecular flexibility index (Phi) is 5.01. The molecule has 7 atom stereocenters. The highest BCUT2D eigenvalue weighted by atomic mass is 19.3. The Morgan fingerprint density at radius 1 is 1.29 bits per heavy atom. The quantitative estimate of drug-likeness (QED) is 0.616. The third-order valence-electron chi connectivity index (χ3n) is 8.75. The first-order valence-corrected chi connectivity index (χ1v) is 11.0. The van der Waals surface area contributed by atoms with E-state index >= 15 is 0 Å². The summed E-state index contributed by atoms with van der Waals surface area (Å²) in [6, 6.07) is 0. The van der Waals surface area contributed by atoms with Crippen LogP contribution in [0.25, 0.3) is 0 Å². The molecule has 0 aromatic rings. The van der Waals surface area contributed by atoms with E-state index in [2.05, 4.69) is 26.0 Å². The Morgan fingerprint density at radius 3 is 2.68 bits per heavy atom. The summed E-state index contributed by atoms with van der Waals surface area (Å²) in [5, 5.41) is 10.4. The first-order chi connectivity index (χ1) is 13.2. The Labute approximate surface area is 167 Å². The molecular formula is C24H34F2O2. The number of ether oxygens (including phenoxy) is 1. The van der Waals surface area contributed by atoms with Gasteiger partial charge in [-0.3, -0.25) is 0 Å². The van der Waals surface area contributed by atoms with E-state index in [4.69, 9.17) is 4.74 Å². The molecular weight excluding hydrogens is 358 g/mol. The largest absolute Gasteiger partial charge is 0.498 e. The van der Waals surface area contributed by atoms with Gasteiger partial charge in [0.25, 0.3) is 6.08 Å². The fourth-order valence-corrected chi connectivity index (χ4v) is 7.52. The molecule has 1 unspecified atom stereocenters. The first kappa shape index (κ1) is 20.1. The summed E-state index contributed by atoms with van der Waals surface area (Å²) in [6.07, 6.45) is 7.77. The zero-order chi connectivity index (χ0) is 20.3. The fraction of sp³-hybridized carbons (Fsp3) is 0.750. The lowest BCUT2D eigenvalue weighted by atomic mass is 9.48. The predicted molar refractivity (Wildman–Crippen MR) is 107 cm³/mol. The molecule has 0 heterocycles. The van der Waals surface area contributed by atoms with Crippen LogP contribution < -0.4 is 0 Å². The lowest BCUT2D eigenvalue weighted by Crippen LogP contribution is -2.50. The minimum absolute atomic E-state index is 0.117. The van der Waals surface area contributed by atoms with Crippen LogP contribution in [0.4, 0.5) is 8.78 Å². The highest BCUT2D eigenvalue weighted by molar-refractivity contribution is 5.36. The van der Waals surface area contributed by atoms with Crippen molar-refractivity contribution in [1.29, 1.82) is 0 Å². The van der Waals surface area contributed by atoms with E-state index in [-0.39, 0.29) is 22.3 Å². The molecule has 2 nitrogen and oxygen atoms in total. The number of halogens is 2. The molecule has 2 saturated carbocycles. The average molecular weight is 393 g/mol. The monoisotopic (exact) mass is 392 g/mol. The Hall–Kier alpha value is -1.16. The molecule has 4 aliphatic rings. The Bertz CT molecular complexity index is 733. The number of fused-ring (bicyclic) bond motifs is 5. The molecule has 0 aromatic carbocycles. The molecule has 0 bridgehead atoms. The minimum atomic E-state index is -1.56. The van der Waals surface area contributed by atoms with E-state index in [0.717, 1.165) is 37.9 Å². The van der Waals surface area contributed by atoms with Gasteiger partial charge in [0.15, 0.2) is 0 Å². The van der Waals surface area contributed by atoms with Crippen LogP contribution in [0.5, 0.6) is 0 Å². The minimum Gasteiger partial charge on any atom is -0.498 e. The van der Waals surface area contributed by atoms with Crippen LogP contribution in [0.15, 0.2) is 35.1 Å². The molecule has 156 valence electrons. The van der Waals surface area contributed by atoms with Crippen LogP contribution in [-0.4, -0.2) is 17.8 Å². The summed E-state index contributed by atoms with van der Waals surface area (Å²) in [7, 11) is 0. The second-order valence-electron chi connectivity index (χ2n) is 9.99. The summed E-state index contributed by atoms with van der Waals surface area (Å²) in [4.78, 5) is 0. The van der Waals surface area contributed by atoms with Gasteiger partial charge in [-0.2, -0.15) is 8.78 Å². The maximum Gasteiger partial charge on any atom is 0.269 e. The maximum atomic E-state index is 13.8. The molecule has 28 heavy (non-hydrogen) atoms. The molecule has 0 aliphatic heterocycles. The van der Waals surface area contributed by atoms with Gasteiger partial charge in [0.1, 0.15) is 0 Å². The molecule has 2 fully saturated rings. The zero-order valence-corrected chi connectivity index (χ0v) is 17.6. The van der Waals surface area contributed by atoms with Crippen molar-refractivity contribution in [3.63, 3.8) is 0 Å². The van der Waals surface area contributed by atoms with Crippen LogP contribution in [0.1, 0.15) is 66.2 Å². The molecule has 4 rings (SSSR count). The van der Waals surface area contributed by atoms with Crippen molar-refractivity contribution in [3.8, 4) is 0 Å². The van der Waals surface area contributed by atoms with E-state index in [0.29, 0.717) is 24.9 Å². The molecule has 4 heteroatoms. The summed E-state index contributed by atoms with van der Waals surface area (Å²) in [5.74, 6) is 1.87. The standard InChI is InChI=1S/C24H34F2O2/c1-5-28-16-8-10-23(3)15(12-16)6-7-17-19(23)9-11-24(4)20(17)13-18(22(25)26)21(24)14(2)27/h6,12,14,17,19-21,27H,5,7-11,13H2,1-4H3/t14?,17-,19+,20+,21+,23+,24+/m1/s1. The van der Waals surface area contributed by atoms with Gasteiger partial charge < -0.3 is 9.84 Å². The van der Waals surface area contributed by atoms with Gasteiger partial charge in [0.05, 0.1) is 18.5 Å². The Morgan fingerprint density at radius 2 is 2.04 bits per heavy atom. The van der Waals surface area contributed by atoms with Crippen molar-refractivity contribution in [2.75, 3.05) is 6.61 Å². The number of rotatable bonds is 3. The van der Waals surface area contributed by atoms with Crippen LogP contribution >= 0.6 is 0 Å². The molecule has 0 saturated heterocycles. The molecule has 0 radical (unpaired) electrons. The van der Waals surface area contributed by atoms with Gasteiger partial charge in [-0.25, -0.2) is 0 Å². The highest BCUT2D eigenvalue weighted by Crippen LogP contribution is 2.67. The van der Waals surface area contributed by atoms with Crippen molar-refractivity contribution in [2.45, 2.75) is 72.3 Å². The maximum absolute atomic E-state index is 13.8. The van der Waals surface area contributed by atoms with E-state index in [9.17, 15) is 13.9 Å². The fourth-order valence-electron chi connectivity index (χ4n) is 7.52. The van der Waals surface area contributed by atoms with Gasteiger partial charge in [-0.1, -0.05) is 19.9 Å². The second kappa shape index (κ2) is 6.97. The number of aliphatic hydroxyl groups is 1. The lowest BCUT2D eigenvalue weighted by molar-refractivity contribution is -0.0570. The van der Waals surface area contributed by atoms with Crippen LogP contribution in [0, 0.1) is 34.5 Å². The predicted octanol–water partition coefficient (Wildman–Crippen LogP) is 6.24. The summed E-state index contributed by atoms with van der Waals surface area (Å²) >= 11 is 0. The molecule has 4 aliphatic carbocycles. The first-order valence-electron chi connectivity index (χ1n) is 11.0. The zero-order valence-electron chi connectivity index (χ0n) is 17.6. The van der Waals surface area contributed by atoms with Crippen LogP contribution in [0.3, 0.4) is 0 Å². The SMILES string of the molecule is CCOC1=CC2=CC[C@H]3[C@@H]4CC(=C(F)F)[C@H](C(C)O)[C@@]4(C)CC[C@@H]3[C@@]2(C)CC1. The number of aliphatic hydroxyl groups excluding tert-OH is 1. The lowest BCUT2D eigenvalue weighted by Gasteiger charge is -2.57. The van der Waals surface area contributed by atoms with Crippen LogP contribution in [-0.2, 0) is 4.74 Å². The summed E-state index contributed by atoms with van der Waals surface area (Å²) in [5.41, 5.74) is 1.51. The number of allylic oxidation sites excluding steroid dienone is 4. The molecule has 0 spiro atoms.